The van der Waals surface area contributed by atoms with Crippen molar-refractivity contribution in [2.24, 2.45) is 5.92 Å². The molecule has 0 saturated heterocycles. The van der Waals surface area contributed by atoms with Gasteiger partial charge in [0.2, 0.25) is 0 Å². The van der Waals surface area contributed by atoms with Crippen LogP contribution >= 0.6 is 0 Å². The summed E-state index contributed by atoms with van der Waals surface area (Å²) in [6.45, 7) is 12.2. The van der Waals surface area contributed by atoms with Gasteiger partial charge < -0.3 is 19.5 Å². The number of nitrogens with zero attached hydrogens (tertiary/aromatic N) is 1. The molecule has 1 saturated carbocycles. The van der Waals surface area contributed by atoms with E-state index in [9.17, 15) is 14.7 Å². The number of hydrogen-bond donors (Lipinski definition) is 1. The van der Waals surface area contributed by atoms with Crippen LogP contribution in [-0.4, -0.2) is 59.9 Å². The highest BCUT2D eigenvalue weighted by atomic mass is 16.5. The summed E-state index contributed by atoms with van der Waals surface area (Å²) in [5.74, 6) is 0.677. The molecule has 6 heteroatoms. The van der Waals surface area contributed by atoms with Gasteiger partial charge in [0.05, 0.1) is 6.10 Å². The van der Waals surface area contributed by atoms with Crippen molar-refractivity contribution in [1.82, 2.24) is 4.90 Å². The molecule has 0 amide bonds. The van der Waals surface area contributed by atoms with Crippen LogP contribution in [-0.2, 0) is 19.1 Å². The summed E-state index contributed by atoms with van der Waals surface area (Å²) in [4.78, 5) is 28.4. The maximum Gasteiger partial charge on any atom is 0.306 e. The third kappa shape index (κ3) is 32.5. The van der Waals surface area contributed by atoms with Crippen molar-refractivity contribution in [2.75, 3.05) is 19.6 Å². The average molecular weight is 778 g/mol. The minimum Gasteiger partial charge on any atom is -0.462 e. The molecule has 0 radical (unpaired) electrons. The Bertz CT molecular complexity index is 787. The predicted octanol–water partition coefficient (Wildman–Crippen LogP) is 14.2. The Kier molecular flexibility index (Phi) is 36.2. The quantitative estimate of drug-likeness (QED) is 0.0493. The van der Waals surface area contributed by atoms with E-state index in [1.165, 1.54) is 128 Å². The molecule has 0 aromatic rings. The fourth-order valence-electron chi connectivity index (χ4n) is 8.47. The summed E-state index contributed by atoms with van der Waals surface area (Å²) in [5, 5.41) is 10.1. The second-order valence-corrected chi connectivity index (χ2v) is 17.6. The van der Waals surface area contributed by atoms with Gasteiger partial charge in [-0.25, -0.2) is 0 Å². The van der Waals surface area contributed by atoms with Gasteiger partial charge in [-0.3, -0.25) is 9.59 Å². The second-order valence-electron chi connectivity index (χ2n) is 17.6. The topological polar surface area (TPSA) is 76.1 Å². The van der Waals surface area contributed by atoms with Gasteiger partial charge in [-0.2, -0.15) is 0 Å². The molecule has 2 unspecified atom stereocenters. The van der Waals surface area contributed by atoms with E-state index in [1.54, 1.807) is 0 Å². The number of aliphatic hydroxyl groups excluding tert-OH is 1. The Morgan fingerprint density at radius 3 is 1.18 bits per heavy atom. The number of ether oxygens (including phenoxy) is 2. The van der Waals surface area contributed by atoms with Crippen LogP contribution in [0.4, 0.5) is 0 Å². The summed E-state index contributed by atoms with van der Waals surface area (Å²) >= 11 is 0. The number of rotatable bonds is 40. The minimum absolute atomic E-state index is 0.00726. The Balaban J connectivity index is 2.46. The lowest BCUT2D eigenvalue weighted by atomic mass is 9.87. The summed E-state index contributed by atoms with van der Waals surface area (Å²) in [6, 6.07) is 0. The fourth-order valence-corrected chi connectivity index (χ4v) is 8.47. The van der Waals surface area contributed by atoms with Gasteiger partial charge in [-0.1, -0.05) is 143 Å². The van der Waals surface area contributed by atoms with Crippen LogP contribution in [0.15, 0.2) is 0 Å². The Hall–Kier alpha value is -1.14. The molecule has 0 aliphatic heterocycles. The lowest BCUT2D eigenvalue weighted by molar-refractivity contribution is -0.151. The van der Waals surface area contributed by atoms with Gasteiger partial charge >= 0.3 is 11.9 Å². The van der Waals surface area contributed by atoms with Crippen LogP contribution in [0.5, 0.6) is 0 Å². The maximum atomic E-state index is 12.9. The van der Waals surface area contributed by atoms with E-state index in [2.05, 4.69) is 32.6 Å². The normalized spacial score (nSPS) is 17.1. The summed E-state index contributed by atoms with van der Waals surface area (Å²) in [5.41, 5.74) is 0. The van der Waals surface area contributed by atoms with Gasteiger partial charge in [0.1, 0.15) is 12.2 Å². The van der Waals surface area contributed by atoms with Gasteiger partial charge in [0.25, 0.3) is 0 Å². The highest BCUT2D eigenvalue weighted by Gasteiger charge is 2.22. The van der Waals surface area contributed by atoms with Crippen LogP contribution in [0.2, 0.25) is 0 Å². The van der Waals surface area contributed by atoms with Crippen LogP contribution in [0.3, 0.4) is 0 Å². The highest BCUT2D eigenvalue weighted by Crippen LogP contribution is 2.26. The van der Waals surface area contributed by atoms with Crippen LogP contribution in [0.1, 0.15) is 259 Å². The monoisotopic (exact) mass is 778 g/mol. The third-order valence-corrected chi connectivity index (χ3v) is 12.2. The van der Waals surface area contributed by atoms with E-state index < -0.39 is 0 Å². The summed E-state index contributed by atoms with van der Waals surface area (Å²) < 4.78 is 12.1. The van der Waals surface area contributed by atoms with E-state index in [1.807, 2.05) is 0 Å². The molecule has 1 fully saturated rings. The Morgan fingerprint density at radius 1 is 0.473 bits per heavy atom. The number of unbranched alkanes of at least 4 members (excludes halogenated alkanes) is 20. The van der Waals surface area contributed by atoms with E-state index in [0.717, 1.165) is 110 Å². The Labute approximate surface area is 342 Å². The Morgan fingerprint density at radius 2 is 0.800 bits per heavy atom. The molecule has 1 rings (SSSR count). The molecule has 0 spiro atoms. The molecule has 0 aromatic carbocycles. The van der Waals surface area contributed by atoms with Gasteiger partial charge in [-0.15, -0.1) is 0 Å². The number of carbonyl (C=O) groups excluding carboxylic acids is 2. The highest BCUT2D eigenvalue weighted by molar-refractivity contribution is 5.69. The largest absolute Gasteiger partial charge is 0.462 e. The average Bonchev–Trinajstić information content (AvgIpc) is 3.17. The van der Waals surface area contributed by atoms with Crippen molar-refractivity contribution in [1.29, 1.82) is 0 Å². The van der Waals surface area contributed by atoms with Gasteiger partial charge in [0.15, 0.2) is 0 Å². The fraction of sp³-hybridized carbons (Fsp3) is 0.959. The predicted molar refractivity (Wildman–Crippen MR) is 235 cm³/mol. The molecule has 2 atom stereocenters. The zero-order valence-corrected chi connectivity index (χ0v) is 37.4. The zero-order chi connectivity index (χ0) is 40.0. The molecule has 326 valence electrons. The van der Waals surface area contributed by atoms with Crippen molar-refractivity contribution >= 4 is 11.9 Å². The maximum absolute atomic E-state index is 12.9. The van der Waals surface area contributed by atoms with Crippen molar-refractivity contribution in [3.63, 3.8) is 0 Å². The molecule has 1 aliphatic rings. The lowest BCUT2D eigenvalue weighted by Crippen LogP contribution is -2.34. The smallest absolute Gasteiger partial charge is 0.306 e. The standard InChI is InChI=1S/C49H95NO5/c1-5-9-13-17-19-25-33-46(31-23-15-11-7-3)54-48(52)35-27-21-29-41-50(43-44-37-39-45(51)40-38-44)42-30-22-28-36-49(53)55-47(32-24-16-12-8-4)34-26-20-18-14-10-6-2/h44-47,51H,5-43H2,1-4H3. The van der Waals surface area contributed by atoms with Gasteiger partial charge in [0, 0.05) is 19.4 Å². The lowest BCUT2D eigenvalue weighted by Gasteiger charge is -2.31. The molecule has 0 heterocycles. The molecule has 0 aromatic heterocycles. The van der Waals surface area contributed by atoms with Crippen molar-refractivity contribution in [3.05, 3.63) is 0 Å². The van der Waals surface area contributed by atoms with Crippen molar-refractivity contribution < 1.29 is 24.2 Å². The van der Waals surface area contributed by atoms with Crippen molar-refractivity contribution in [3.8, 4) is 0 Å². The first kappa shape index (κ1) is 51.9. The molecular formula is C49H95NO5. The van der Waals surface area contributed by atoms with Crippen LogP contribution in [0.25, 0.3) is 0 Å². The number of aliphatic hydroxyl groups is 1. The number of esters is 2. The first-order valence-electron chi connectivity index (χ1n) is 24.7. The van der Waals surface area contributed by atoms with Crippen LogP contribution in [0, 0.1) is 5.92 Å². The summed E-state index contributed by atoms with van der Waals surface area (Å²) in [7, 11) is 0. The zero-order valence-electron chi connectivity index (χ0n) is 37.4. The van der Waals surface area contributed by atoms with E-state index in [-0.39, 0.29) is 30.3 Å². The van der Waals surface area contributed by atoms with E-state index in [0.29, 0.717) is 18.8 Å². The molecular weight excluding hydrogens is 683 g/mol. The molecule has 1 N–H and O–H groups in total. The molecule has 0 bridgehead atoms. The SMILES string of the molecule is CCCCCCCCC(CCCCCC)OC(=O)CCCCCN(CCCCCC(=O)OC(CCCCCC)CCCCCCCC)CC1CCC(O)CC1. The summed E-state index contributed by atoms with van der Waals surface area (Å²) in [6.07, 6.45) is 40.6. The van der Waals surface area contributed by atoms with E-state index >= 15 is 0 Å². The van der Waals surface area contributed by atoms with Crippen molar-refractivity contribution in [2.45, 2.75) is 277 Å². The van der Waals surface area contributed by atoms with Gasteiger partial charge in [-0.05, 0) is 122 Å². The molecule has 6 nitrogen and oxygen atoms in total. The van der Waals surface area contributed by atoms with Crippen LogP contribution < -0.4 is 0 Å². The first-order valence-corrected chi connectivity index (χ1v) is 24.7. The third-order valence-electron chi connectivity index (χ3n) is 12.2. The number of carbonyl (C=O) groups is 2. The van der Waals surface area contributed by atoms with E-state index in [4.69, 9.17) is 9.47 Å². The molecule has 55 heavy (non-hydrogen) atoms. The number of hydrogen-bond acceptors (Lipinski definition) is 6. The second kappa shape index (κ2) is 38.4. The minimum atomic E-state index is -0.118. The molecule has 1 aliphatic carbocycles. The first-order chi connectivity index (χ1) is 26.9.